The van der Waals surface area contributed by atoms with Crippen molar-refractivity contribution in [1.29, 1.82) is 0 Å². The van der Waals surface area contributed by atoms with Gasteiger partial charge in [0.25, 0.3) is 5.91 Å². The zero-order valence-electron chi connectivity index (χ0n) is 11.5. The Labute approximate surface area is 130 Å². The Morgan fingerprint density at radius 3 is 2.95 bits per heavy atom. The molecule has 0 aliphatic carbocycles. The van der Waals surface area contributed by atoms with Crippen LogP contribution in [0.1, 0.15) is 21.5 Å². The Morgan fingerprint density at radius 1 is 1.33 bits per heavy atom. The maximum Gasteiger partial charge on any atom is 0.255 e. The standard InChI is InChI=1S/C16H14BrFN2O/c1-9-6-13(18)12(17)8-14(9)20-16(21)11-3-2-10-4-5-19-15(10)7-11/h2-3,6-8,19H,4-5H2,1H3,(H,20,21). The monoisotopic (exact) mass is 348 g/mol. The lowest BCUT2D eigenvalue weighted by atomic mass is 10.1. The van der Waals surface area contributed by atoms with E-state index in [2.05, 4.69) is 26.6 Å². The molecule has 3 nitrogen and oxygen atoms in total. The molecule has 21 heavy (non-hydrogen) atoms. The van der Waals surface area contributed by atoms with Crippen LogP contribution in [0.25, 0.3) is 0 Å². The van der Waals surface area contributed by atoms with Gasteiger partial charge in [-0.25, -0.2) is 4.39 Å². The number of halogens is 2. The number of rotatable bonds is 2. The highest BCUT2D eigenvalue weighted by molar-refractivity contribution is 9.10. The zero-order valence-corrected chi connectivity index (χ0v) is 13.1. The van der Waals surface area contributed by atoms with E-state index < -0.39 is 0 Å². The number of benzene rings is 2. The largest absolute Gasteiger partial charge is 0.384 e. The zero-order chi connectivity index (χ0) is 15.0. The summed E-state index contributed by atoms with van der Waals surface area (Å²) < 4.78 is 13.7. The molecule has 0 aromatic heterocycles. The summed E-state index contributed by atoms with van der Waals surface area (Å²) in [5, 5.41) is 6.07. The van der Waals surface area contributed by atoms with Crippen molar-refractivity contribution in [1.82, 2.24) is 0 Å². The van der Waals surface area contributed by atoms with Crippen molar-refractivity contribution in [2.24, 2.45) is 0 Å². The van der Waals surface area contributed by atoms with Crippen molar-refractivity contribution in [3.8, 4) is 0 Å². The molecule has 0 atom stereocenters. The maximum absolute atomic E-state index is 13.4. The number of fused-ring (bicyclic) bond motifs is 1. The SMILES string of the molecule is Cc1cc(F)c(Br)cc1NC(=O)c1ccc2c(c1)NCC2. The number of hydrogen-bond donors (Lipinski definition) is 2. The van der Waals surface area contributed by atoms with Crippen molar-refractivity contribution >= 4 is 33.2 Å². The molecule has 1 amide bonds. The lowest BCUT2D eigenvalue weighted by Gasteiger charge is -2.10. The van der Waals surface area contributed by atoms with Gasteiger partial charge in [0.2, 0.25) is 0 Å². The lowest BCUT2D eigenvalue weighted by Crippen LogP contribution is -2.13. The lowest BCUT2D eigenvalue weighted by molar-refractivity contribution is 0.102. The summed E-state index contributed by atoms with van der Waals surface area (Å²) in [6.45, 7) is 2.67. The van der Waals surface area contributed by atoms with Gasteiger partial charge in [-0.2, -0.15) is 0 Å². The number of anilines is 2. The molecule has 0 spiro atoms. The Kier molecular flexibility index (Phi) is 3.68. The predicted octanol–water partition coefficient (Wildman–Crippen LogP) is 4.12. The molecule has 108 valence electrons. The van der Waals surface area contributed by atoms with Crippen LogP contribution in [0.5, 0.6) is 0 Å². The number of nitrogens with one attached hydrogen (secondary N) is 2. The quantitative estimate of drug-likeness (QED) is 0.857. The Bertz CT molecular complexity index is 730. The van der Waals surface area contributed by atoms with Crippen LogP contribution >= 0.6 is 15.9 Å². The maximum atomic E-state index is 13.4. The van der Waals surface area contributed by atoms with E-state index in [9.17, 15) is 9.18 Å². The third kappa shape index (κ3) is 2.78. The molecule has 2 aromatic rings. The van der Waals surface area contributed by atoms with E-state index in [1.165, 1.54) is 11.6 Å². The van der Waals surface area contributed by atoms with Crippen LogP contribution in [-0.2, 0) is 6.42 Å². The molecule has 1 aliphatic rings. The van der Waals surface area contributed by atoms with E-state index in [4.69, 9.17) is 0 Å². The highest BCUT2D eigenvalue weighted by atomic mass is 79.9. The van der Waals surface area contributed by atoms with Gasteiger partial charge in [0.1, 0.15) is 5.82 Å². The highest BCUT2D eigenvalue weighted by Gasteiger charge is 2.14. The van der Waals surface area contributed by atoms with E-state index in [0.29, 0.717) is 21.3 Å². The van der Waals surface area contributed by atoms with Crippen LogP contribution < -0.4 is 10.6 Å². The van der Waals surface area contributed by atoms with Gasteiger partial charge in [-0.15, -0.1) is 0 Å². The minimum Gasteiger partial charge on any atom is -0.384 e. The van der Waals surface area contributed by atoms with Crippen molar-refractivity contribution in [3.63, 3.8) is 0 Å². The average molecular weight is 349 g/mol. The second kappa shape index (κ2) is 5.48. The van der Waals surface area contributed by atoms with Crippen LogP contribution in [0.2, 0.25) is 0 Å². The molecule has 2 aromatic carbocycles. The first-order valence-corrected chi connectivity index (χ1v) is 7.47. The molecule has 0 unspecified atom stereocenters. The van der Waals surface area contributed by atoms with E-state index in [1.54, 1.807) is 13.0 Å². The summed E-state index contributed by atoms with van der Waals surface area (Å²) >= 11 is 3.13. The van der Waals surface area contributed by atoms with E-state index >= 15 is 0 Å². The normalized spacial score (nSPS) is 12.7. The van der Waals surface area contributed by atoms with Crippen LogP contribution in [-0.4, -0.2) is 12.5 Å². The fourth-order valence-electron chi connectivity index (χ4n) is 2.41. The van der Waals surface area contributed by atoms with Crippen molar-refractivity contribution in [2.75, 3.05) is 17.2 Å². The summed E-state index contributed by atoms with van der Waals surface area (Å²) in [5.74, 6) is -0.541. The Morgan fingerprint density at radius 2 is 2.14 bits per heavy atom. The summed E-state index contributed by atoms with van der Waals surface area (Å²) in [6, 6.07) is 8.61. The van der Waals surface area contributed by atoms with Gasteiger partial charge >= 0.3 is 0 Å². The fraction of sp³-hybridized carbons (Fsp3) is 0.188. The van der Waals surface area contributed by atoms with Gasteiger partial charge < -0.3 is 10.6 Å². The fourth-order valence-corrected chi connectivity index (χ4v) is 2.75. The van der Waals surface area contributed by atoms with Crippen molar-refractivity contribution in [3.05, 3.63) is 57.3 Å². The first-order valence-electron chi connectivity index (χ1n) is 6.68. The Hall–Kier alpha value is -1.88. The smallest absolute Gasteiger partial charge is 0.255 e. The van der Waals surface area contributed by atoms with Crippen LogP contribution in [0.15, 0.2) is 34.8 Å². The van der Waals surface area contributed by atoms with E-state index in [-0.39, 0.29) is 11.7 Å². The van der Waals surface area contributed by atoms with Crippen LogP contribution in [0.3, 0.4) is 0 Å². The molecule has 1 heterocycles. The molecule has 3 rings (SSSR count). The highest BCUT2D eigenvalue weighted by Crippen LogP contribution is 2.26. The molecular weight excluding hydrogens is 335 g/mol. The molecule has 0 radical (unpaired) electrons. The second-order valence-corrected chi connectivity index (χ2v) is 5.94. The third-order valence-electron chi connectivity index (χ3n) is 3.60. The minimum absolute atomic E-state index is 0.201. The van der Waals surface area contributed by atoms with Crippen molar-refractivity contribution < 1.29 is 9.18 Å². The predicted molar refractivity (Wildman–Crippen MR) is 85.4 cm³/mol. The molecule has 1 aliphatic heterocycles. The molecule has 0 bridgehead atoms. The summed E-state index contributed by atoms with van der Waals surface area (Å²) in [6.07, 6.45) is 0.987. The molecular formula is C16H14BrFN2O. The molecule has 0 saturated carbocycles. The summed E-state index contributed by atoms with van der Waals surface area (Å²) in [4.78, 5) is 12.3. The van der Waals surface area contributed by atoms with Gasteiger partial charge in [0.15, 0.2) is 0 Å². The van der Waals surface area contributed by atoms with Gasteiger partial charge in [-0.1, -0.05) is 6.07 Å². The van der Waals surface area contributed by atoms with Gasteiger partial charge in [0, 0.05) is 23.5 Å². The summed E-state index contributed by atoms with van der Waals surface area (Å²) in [7, 11) is 0. The van der Waals surface area contributed by atoms with Crippen LogP contribution in [0, 0.1) is 12.7 Å². The number of carbonyl (C=O) groups is 1. The number of carbonyl (C=O) groups excluding carboxylic acids is 1. The van der Waals surface area contributed by atoms with E-state index in [1.807, 2.05) is 18.2 Å². The average Bonchev–Trinajstić information content (AvgIpc) is 2.92. The number of hydrogen-bond acceptors (Lipinski definition) is 2. The topological polar surface area (TPSA) is 41.1 Å². The first kappa shape index (κ1) is 14.1. The second-order valence-electron chi connectivity index (χ2n) is 5.08. The molecule has 5 heteroatoms. The molecule has 0 saturated heterocycles. The third-order valence-corrected chi connectivity index (χ3v) is 4.21. The minimum atomic E-state index is -0.341. The van der Waals surface area contributed by atoms with Gasteiger partial charge in [-0.3, -0.25) is 4.79 Å². The number of amides is 1. The Balaban J connectivity index is 1.85. The van der Waals surface area contributed by atoms with Gasteiger partial charge in [-0.05, 0) is 64.7 Å². The molecule has 2 N–H and O–H groups in total. The number of aryl methyl sites for hydroxylation is 1. The molecule has 0 fully saturated rings. The van der Waals surface area contributed by atoms with Crippen molar-refractivity contribution in [2.45, 2.75) is 13.3 Å². The van der Waals surface area contributed by atoms with Gasteiger partial charge in [0.05, 0.1) is 4.47 Å². The van der Waals surface area contributed by atoms with E-state index in [0.717, 1.165) is 18.7 Å². The van der Waals surface area contributed by atoms with Crippen LogP contribution in [0.4, 0.5) is 15.8 Å². The first-order chi connectivity index (χ1) is 10.0. The summed E-state index contributed by atoms with van der Waals surface area (Å²) in [5.41, 5.74) is 4.11.